The quantitative estimate of drug-likeness (QED) is 0.670. The van der Waals surface area contributed by atoms with Gasteiger partial charge in [0.15, 0.2) is 5.06 Å². The van der Waals surface area contributed by atoms with Gasteiger partial charge in [0.25, 0.3) is 0 Å². The van der Waals surface area contributed by atoms with Crippen molar-refractivity contribution in [2.45, 2.75) is 0 Å². The zero-order chi connectivity index (χ0) is 9.42. The van der Waals surface area contributed by atoms with E-state index in [-0.39, 0.29) is 10.8 Å². The molecule has 0 saturated heterocycles. The Morgan fingerprint density at radius 2 is 2.00 bits per heavy atom. The lowest BCUT2D eigenvalue weighted by molar-refractivity contribution is 0.479. The summed E-state index contributed by atoms with van der Waals surface area (Å²) in [6.45, 7) is 0. The normalized spacial score (nSPS) is 10.1. The fourth-order valence-corrected chi connectivity index (χ4v) is 2.03. The van der Waals surface area contributed by atoms with Crippen LogP contribution in [0, 0.1) is 11.3 Å². The number of nitriles is 1. The van der Waals surface area contributed by atoms with E-state index < -0.39 is 0 Å². The van der Waals surface area contributed by atoms with Gasteiger partial charge in [-0.2, -0.15) is 5.26 Å². The summed E-state index contributed by atoms with van der Waals surface area (Å²) in [6.07, 6.45) is 0. The highest BCUT2D eigenvalue weighted by Gasteiger charge is 2.06. The molecule has 0 radical (unpaired) electrons. The van der Waals surface area contributed by atoms with E-state index in [9.17, 15) is 5.11 Å². The van der Waals surface area contributed by atoms with Crippen molar-refractivity contribution in [2.24, 2.45) is 0 Å². The minimum atomic E-state index is 0.0330. The highest BCUT2D eigenvalue weighted by Crippen LogP contribution is 2.36. The topological polar surface area (TPSA) is 64.2 Å². The third-order valence-corrected chi connectivity index (χ3v) is 2.62. The lowest BCUT2D eigenvalue weighted by Crippen LogP contribution is -1.73. The monoisotopic (exact) mass is 191 g/mol. The van der Waals surface area contributed by atoms with Crippen molar-refractivity contribution in [1.82, 2.24) is 0 Å². The van der Waals surface area contributed by atoms with E-state index in [4.69, 9.17) is 10.4 Å². The average Bonchev–Trinajstić information content (AvgIpc) is 2.46. The molecule has 0 amide bonds. The number of fused-ring (bicyclic) bond motifs is 1. The molecule has 1 heterocycles. The van der Waals surface area contributed by atoms with E-state index >= 15 is 0 Å². The number of hydrogen-bond donors (Lipinski definition) is 2. The summed E-state index contributed by atoms with van der Waals surface area (Å²) in [6, 6.07) is 6.44. The second kappa shape index (κ2) is 2.64. The van der Waals surface area contributed by atoms with Gasteiger partial charge in [0, 0.05) is 16.2 Å². The number of benzene rings is 1. The summed E-state index contributed by atoms with van der Waals surface area (Å²) >= 11 is 1.14. The third-order valence-electron chi connectivity index (χ3n) is 1.73. The maximum absolute atomic E-state index is 9.44. The average molecular weight is 191 g/mol. The minimum Gasteiger partial charge on any atom is -0.507 e. The summed E-state index contributed by atoms with van der Waals surface area (Å²) in [7, 11) is 0. The predicted octanol–water partition coefficient (Wildman–Crippen LogP) is 2.18. The first-order chi connectivity index (χ1) is 6.20. The first-order valence-corrected chi connectivity index (χ1v) is 4.38. The predicted molar refractivity (Wildman–Crippen MR) is 49.9 cm³/mol. The number of phenols is 1. The Morgan fingerprint density at radius 3 is 2.69 bits per heavy atom. The lowest BCUT2D eigenvalue weighted by Gasteiger charge is -1.94. The van der Waals surface area contributed by atoms with Crippen molar-refractivity contribution >= 4 is 21.4 Å². The minimum absolute atomic E-state index is 0.0330. The first-order valence-electron chi connectivity index (χ1n) is 3.56. The van der Waals surface area contributed by atoms with Crippen LogP contribution in [0.15, 0.2) is 18.2 Å². The molecule has 0 fully saturated rings. The van der Waals surface area contributed by atoms with Gasteiger partial charge >= 0.3 is 0 Å². The van der Waals surface area contributed by atoms with Gasteiger partial charge in [0.05, 0.1) is 11.6 Å². The van der Waals surface area contributed by atoms with E-state index in [1.165, 1.54) is 12.1 Å². The lowest BCUT2D eigenvalue weighted by atomic mass is 10.2. The largest absolute Gasteiger partial charge is 0.507 e. The fraction of sp³-hybridized carbons (Fsp3) is 0. The Morgan fingerprint density at radius 1 is 1.23 bits per heavy atom. The summed E-state index contributed by atoms with van der Waals surface area (Å²) in [5.41, 5.74) is 0.395. The van der Waals surface area contributed by atoms with Crippen LogP contribution < -0.4 is 0 Å². The van der Waals surface area contributed by atoms with Gasteiger partial charge in [0.2, 0.25) is 0 Å². The van der Waals surface area contributed by atoms with Crippen molar-refractivity contribution in [1.29, 1.82) is 5.26 Å². The van der Waals surface area contributed by atoms with Crippen molar-refractivity contribution < 1.29 is 10.2 Å². The Labute approximate surface area is 78.1 Å². The van der Waals surface area contributed by atoms with Crippen LogP contribution >= 0.6 is 11.3 Å². The van der Waals surface area contributed by atoms with Crippen LogP contribution in [0.1, 0.15) is 5.56 Å². The highest BCUT2D eigenvalue weighted by molar-refractivity contribution is 7.20. The van der Waals surface area contributed by atoms with Gasteiger partial charge in [-0.25, -0.2) is 0 Å². The maximum Gasteiger partial charge on any atom is 0.172 e. The highest BCUT2D eigenvalue weighted by atomic mass is 32.1. The third kappa shape index (κ3) is 1.19. The van der Waals surface area contributed by atoms with Crippen molar-refractivity contribution in [2.75, 3.05) is 0 Å². The Hall–Kier alpha value is -1.73. The number of aromatic hydroxyl groups is 2. The molecule has 0 saturated carbocycles. The molecule has 4 heteroatoms. The molecule has 3 nitrogen and oxygen atoms in total. The molecule has 1 aromatic carbocycles. The van der Waals surface area contributed by atoms with Gasteiger partial charge in [0.1, 0.15) is 5.75 Å². The molecule has 2 N–H and O–H groups in total. The van der Waals surface area contributed by atoms with Crippen LogP contribution in [0.4, 0.5) is 0 Å². The second-order valence-corrected chi connectivity index (χ2v) is 3.67. The zero-order valence-corrected chi connectivity index (χ0v) is 7.30. The number of hydrogen-bond acceptors (Lipinski definition) is 4. The van der Waals surface area contributed by atoms with E-state index in [1.54, 1.807) is 6.07 Å². The van der Waals surface area contributed by atoms with Gasteiger partial charge in [-0.1, -0.05) is 11.3 Å². The van der Waals surface area contributed by atoms with Crippen molar-refractivity contribution in [3.05, 3.63) is 23.8 Å². The van der Waals surface area contributed by atoms with E-state index in [0.29, 0.717) is 15.6 Å². The molecule has 0 spiro atoms. The van der Waals surface area contributed by atoms with E-state index in [1.807, 2.05) is 6.07 Å². The molecular weight excluding hydrogens is 186 g/mol. The fourth-order valence-electron chi connectivity index (χ4n) is 1.17. The first kappa shape index (κ1) is 7.90. The molecule has 13 heavy (non-hydrogen) atoms. The summed E-state index contributed by atoms with van der Waals surface area (Å²) < 4.78 is 0.717. The SMILES string of the molecule is N#Cc1cc(O)c2cc(O)sc2c1. The Bertz CT molecular complexity index is 510. The molecule has 1 aromatic heterocycles. The van der Waals surface area contributed by atoms with Gasteiger partial charge < -0.3 is 10.2 Å². The van der Waals surface area contributed by atoms with Gasteiger partial charge in [-0.05, 0) is 12.1 Å². The smallest absolute Gasteiger partial charge is 0.172 e. The number of rotatable bonds is 0. The number of phenolic OH excluding ortho intramolecular Hbond substituents is 1. The molecular formula is C9H5NO2S. The van der Waals surface area contributed by atoms with Crippen LogP contribution in [-0.2, 0) is 0 Å². The summed E-state index contributed by atoms with van der Waals surface area (Å²) in [5, 5.41) is 27.9. The number of nitrogens with zero attached hydrogens (tertiary/aromatic N) is 1. The molecule has 64 valence electrons. The Balaban J connectivity index is 2.85. The van der Waals surface area contributed by atoms with E-state index in [2.05, 4.69) is 0 Å². The number of thiophene rings is 1. The zero-order valence-electron chi connectivity index (χ0n) is 6.48. The molecule has 0 aliphatic carbocycles. The van der Waals surface area contributed by atoms with Gasteiger partial charge in [-0.3, -0.25) is 0 Å². The molecule has 0 unspecified atom stereocenters. The van der Waals surface area contributed by atoms with Crippen molar-refractivity contribution in [3.8, 4) is 16.9 Å². The summed E-state index contributed by atoms with van der Waals surface area (Å²) in [4.78, 5) is 0. The molecule has 2 rings (SSSR count). The molecule has 0 atom stereocenters. The molecule has 0 bridgehead atoms. The second-order valence-electron chi connectivity index (χ2n) is 2.60. The summed E-state index contributed by atoms with van der Waals surface area (Å²) in [5.74, 6) is 0.0330. The van der Waals surface area contributed by atoms with Crippen LogP contribution in [0.5, 0.6) is 10.8 Å². The molecule has 2 aromatic rings. The van der Waals surface area contributed by atoms with Crippen LogP contribution in [0.3, 0.4) is 0 Å². The molecule has 0 aliphatic heterocycles. The standard InChI is InChI=1S/C9H5NO2S/c10-4-5-1-7(11)6-3-9(12)13-8(6)2-5/h1-3,11-12H. The van der Waals surface area contributed by atoms with Crippen molar-refractivity contribution in [3.63, 3.8) is 0 Å². The van der Waals surface area contributed by atoms with Crippen LogP contribution in [0.2, 0.25) is 0 Å². The van der Waals surface area contributed by atoms with Crippen LogP contribution in [-0.4, -0.2) is 10.2 Å². The maximum atomic E-state index is 9.44. The Kier molecular flexibility index (Phi) is 1.61. The molecule has 0 aliphatic rings. The van der Waals surface area contributed by atoms with Crippen LogP contribution in [0.25, 0.3) is 10.1 Å². The van der Waals surface area contributed by atoms with E-state index in [0.717, 1.165) is 11.3 Å². The van der Waals surface area contributed by atoms with Gasteiger partial charge in [-0.15, -0.1) is 0 Å².